The average molecular weight is 529 g/mol. The molecule has 1 aromatic heterocycles. The summed E-state index contributed by atoms with van der Waals surface area (Å²) in [5, 5.41) is 17.8. The van der Waals surface area contributed by atoms with Gasteiger partial charge >= 0.3 is 0 Å². The third kappa shape index (κ3) is 6.45. The predicted octanol–water partition coefficient (Wildman–Crippen LogP) is 3.38. The quantitative estimate of drug-likeness (QED) is 0.415. The summed E-state index contributed by atoms with van der Waals surface area (Å²) in [7, 11) is 0. The van der Waals surface area contributed by atoms with E-state index in [1.54, 1.807) is 11.0 Å². The highest BCUT2D eigenvalue weighted by atomic mass is 16.3. The van der Waals surface area contributed by atoms with E-state index >= 15 is 0 Å². The van der Waals surface area contributed by atoms with E-state index in [1.807, 2.05) is 60.7 Å². The van der Waals surface area contributed by atoms with Crippen molar-refractivity contribution in [2.24, 2.45) is 0 Å². The van der Waals surface area contributed by atoms with Gasteiger partial charge in [-0.1, -0.05) is 73.9 Å². The first-order valence-electron chi connectivity index (χ1n) is 14.0. The summed E-state index contributed by atoms with van der Waals surface area (Å²) >= 11 is 0. The zero-order chi connectivity index (χ0) is 27.2. The number of para-hydroxylation sites is 1. The van der Waals surface area contributed by atoms with Gasteiger partial charge in [0.2, 0.25) is 5.91 Å². The van der Waals surface area contributed by atoms with Gasteiger partial charge in [0.15, 0.2) is 6.10 Å². The van der Waals surface area contributed by atoms with Gasteiger partial charge in [-0.25, -0.2) is 4.98 Å². The highest BCUT2D eigenvalue weighted by Gasteiger charge is 2.40. The van der Waals surface area contributed by atoms with Gasteiger partial charge < -0.3 is 20.6 Å². The van der Waals surface area contributed by atoms with E-state index < -0.39 is 30.0 Å². The lowest BCUT2D eigenvalue weighted by Crippen LogP contribution is -2.56. The number of nitrogens with zero attached hydrogens (tertiary/aromatic N) is 2. The van der Waals surface area contributed by atoms with Crippen LogP contribution in [0.2, 0.25) is 0 Å². The Morgan fingerprint density at radius 1 is 0.897 bits per heavy atom. The molecular weight excluding hydrogens is 492 g/mol. The van der Waals surface area contributed by atoms with Crippen LogP contribution in [0.1, 0.15) is 61.0 Å². The Morgan fingerprint density at radius 2 is 1.64 bits per heavy atom. The number of aliphatic hydroxyl groups is 1. The van der Waals surface area contributed by atoms with E-state index in [0.717, 1.165) is 36.6 Å². The zero-order valence-corrected chi connectivity index (χ0v) is 22.1. The Kier molecular flexibility index (Phi) is 8.51. The SMILES string of the molecule is O=C(N[C@@H](Cc1ccccc1)C(=O)N1CCCC1C(O)C(=O)NC1CCCCC1)c1ccc2ccccc2n1. The number of hydrogen-bond acceptors (Lipinski definition) is 5. The fraction of sp³-hybridized carbons (Fsp3) is 0.419. The largest absolute Gasteiger partial charge is 0.381 e. The Morgan fingerprint density at radius 3 is 2.44 bits per heavy atom. The minimum Gasteiger partial charge on any atom is -0.381 e. The number of likely N-dealkylation sites (tertiary alicyclic amines) is 1. The molecule has 5 rings (SSSR count). The van der Waals surface area contributed by atoms with Gasteiger partial charge in [-0.05, 0) is 43.4 Å². The van der Waals surface area contributed by atoms with E-state index in [4.69, 9.17) is 0 Å². The highest BCUT2D eigenvalue weighted by Crippen LogP contribution is 2.24. The lowest BCUT2D eigenvalue weighted by atomic mass is 9.95. The molecule has 2 aliphatic rings. The molecule has 3 atom stereocenters. The molecule has 8 nitrogen and oxygen atoms in total. The molecule has 2 fully saturated rings. The van der Waals surface area contributed by atoms with Crippen molar-refractivity contribution in [3.05, 3.63) is 78.0 Å². The van der Waals surface area contributed by atoms with Gasteiger partial charge in [0.1, 0.15) is 11.7 Å². The standard InChI is InChI=1S/C31H36N4O4/c36-28(30(38)32-23-13-5-2-6-14-23)27-16-9-19-35(27)31(39)26(20-21-10-3-1-4-11-21)34-29(37)25-18-17-22-12-7-8-15-24(22)33-25/h1,3-4,7-8,10-12,15,17-18,23,26-28,36H,2,5-6,9,13-14,16,19-20H2,(H,32,38)(H,34,37)/t26-,27?,28?/m0/s1. The Bertz CT molecular complexity index is 1310. The van der Waals surface area contributed by atoms with Crippen LogP contribution in [0.4, 0.5) is 0 Å². The second-order valence-corrected chi connectivity index (χ2v) is 10.6. The van der Waals surface area contributed by atoms with E-state index in [0.29, 0.717) is 24.9 Å². The van der Waals surface area contributed by atoms with Gasteiger partial charge in [0.05, 0.1) is 11.6 Å². The number of hydrogen-bond donors (Lipinski definition) is 3. The lowest BCUT2D eigenvalue weighted by molar-refractivity contribution is -0.141. The van der Waals surface area contributed by atoms with Crippen LogP contribution in [-0.2, 0) is 16.0 Å². The molecule has 3 aromatic rings. The molecule has 0 bridgehead atoms. The number of pyridine rings is 1. The summed E-state index contributed by atoms with van der Waals surface area (Å²) in [6.45, 7) is 0.423. The summed E-state index contributed by atoms with van der Waals surface area (Å²) in [4.78, 5) is 46.2. The fourth-order valence-electron chi connectivity index (χ4n) is 5.78. The van der Waals surface area contributed by atoms with Crippen molar-refractivity contribution in [1.29, 1.82) is 0 Å². The van der Waals surface area contributed by atoms with Crippen LogP contribution in [0, 0.1) is 0 Å². The molecule has 1 aliphatic heterocycles. The molecule has 3 N–H and O–H groups in total. The second-order valence-electron chi connectivity index (χ2n) is 10.6. The van der Waals surface area contributed by atoms with E-state index in [9.17, 15) is 19.5 Å². The summed E-state index contributed by atoms with van der Waals surface area (Å²) in [6.07, 6.45) is 5.33. The van der Waals surface area contributed by atoms with E-state index in [-0.39, 0.29) is 24.1 Å². The second kappa shape index (κ2) is 12.4. The summed E-state index contributed by atoms with van der Waals surface area (Å²) in [5.74, 6) is -1.17. The van der Waals surface area contributed by atoms with Crippen molar-refractivity contribution in [3.8, 4) is 0 Å². The van der Waals surface area contributed by atoms with Crippen molar-refractivity contribution in [2.75, 3.05) is 6.54 Å². The van der Waals surface area contributed by atoms with Crippen LogP contribution in [0.15, 0.2) is 66.7 Å². The number of nitrogens with one attached hydrogen (secondary N) is 2. The van der Waals surface area contributed by atoms with Crippen LogP contribution < -0.4 is 10.6 Å². The van der Waals surface area contributed by atoms with Crippen LogP contribution in [0.3, 0.4) is 0 Å². The lowest BCUT2D eigenvalue weighted by Gasteiger charge is -2.32. The van der Waals surface area contributed by atoms with Crippen LogP contribution in [0.25, 0.3) is 10.9 Å². The maximum atomic E-state index is 13.9. The maximum Gasteiger partial charge on any atom is 0.270 e. The van der Waals surface area contributed by atoms with Gasteiger partial charge in [-0.2, -0.15) is 0 Å². The van der Waals surface area contributed by atoms with Gasteiger partial charge in [0.25, 0.3) is 11.8 Å². The van der Waals surface area contributed by atoms with Gasteiger partial charge in [-0.15, -0.1) is 0 Å². The Labute approximate surface area is 228 Å². The fourth-order valence-corrected chi connectivity index (χ4v) is 5.78. The van der Waals surface area contributed by atoms with Gasteiger partial charge in [0, 0.05) is 24.4 Å². The molecule has 1 saturated carbocycles. The van der Waals surface area contributed by atoms with Crippen molar-refractivity contribution < 1.29 is 19.5 Å². The predicted molar refractivity (Wildman–Crippen MR) is 149 cm³/mol. The molecule has 204 valence electrons. The average Bonchev–Trinajstić information content (AvgIpc) is 3.47. The molecule has 2 aromatic carbocycles. The van der Waals surface area contributed by atoms with Crippen LogP contribution >= 0.6 is 0 Å². The molecule has 8 heteroatoms. The number of carbonyl (C=O) groups is 3. The molecule has 39 heavy (non-hydrogen) atoms. The third-order valence-electron chi connectivity index (χ3n) is 7.88. The number of aliphatic hydroxyl groups excluding tert-OH is 1. The monoisotopic (exact) mass is 528 g/mol. The normalized spacial score (nSPS) is 19.4. The minimum atomic E-state index is -1.31. The van der Waals surface area contributed by atoms with Crippen molar-refractivity contribution in [1.82, 2.24) is 20.5 Å². The number of benzene rings is 2. The Hall–Kier alpha value is -3.78. The molecule has 2 unspecified atom stereocenters. The van der Waals surface area contributed by atoms with Crippen molar-refractivity contribution in [2.45, 2.75) is 75.6 Å². The maximum absolute atomic E-state index is 13.9. The first kappa shape index (κ1) is 26.8. The number of amides is 3. The van der Waals surface area contributed by atoms with Crippen LogP contribution in [-0.4, -0.2) is 63.5 Å². The highest BCUT2D eigenvalue weighted by molar-refractivity contribution is 5.98. The van der Waals surface area contributed by atoms with Crippen molar-refractivity contribution in [3.63, 3.8) is 0 Å². The number of rotatable bonds is 8. The topological polar surface area (TPSA) is 112 Å². The molecular formula is C31H36N4O4. The molecule has 3 amide bonds. The van der Waals surface area contributed by atoms with E-state index in [1.165, 1.54) is 6.42 Å². The molecule has 2 heterocycles. The third-order valence-corrected chi connectivity index (χ3v) is 7.88. The smallest absolute Gasteiger partial charge is 0.270 e. The summed E-state index contributed by atoms with van der Waals surface area (Å²) < 4.78 is 0. The summed E-state index contributed by atoms with van der Waals surface area (Å²) in [6, 6.07) is 19.1. The summed E-state index contributed by atoms with van der Waals surface area (Å²) in [5.41, 5.74) is 1.82. The number of carbonyl (C=O) groups excluding carboxylic acids is 3. The first-order valence-corrected chi connectivity index (χ1v) is 14.0. The van der Waals surface area contributed by atoms with Gasteiger partial charge in [-0.3, -0.25) is 14.4 Å². The number of aromatic nitrogens is 1. The Balaban J connectivity index is 1.33. The molecule has 1 saturated heterocycles. The molecule has 1 aliphatic carbocycles. The van der Waals surface area contributed by atoms with E-state index in [2.05, 4.69) is 15.6 Å². The number of fused-ring (bicyclic) bond motifs is 1. The zero-order valence-electron chi connectivity index (χ0n) is 22.1. The van der Waals surface area contributed by atoms with Crippen molar-refractivity contribution >= 4 is 28.6 Å². The van der Waals surface area contributed by atoms with Crippen LogP contribution in [0.5, 0.6) is 0 Å². The molecule has 0 radical (unpaired) electrons. The first-order chi connectivity index (χ1) is 19.0. The molecule has 0 spiro atoms. The minimum absolute atomic E-state index is 0.0750.